The molecule has 0 radical (unpaired) electrons. The number of hydrogen-bond acceptors (Lipinski definition) is 1. The Hall–Kier alpha value is -1.17. The molecule has 0 saturated heterocycles. The second-order valence-electron chi connectivity index (χ2n) is 4.32. The molecule has 0 heterocycles. The third kappa shape index (κ3) is 3.66. The van der Waals surface area contributed by atoms with Gasteiger partial charge in [0.05, 0.1) is 0 Å². The van der Waals surface area contributed by atoms with Crippen LogP contribution in [0.25, 0.3) is 0 Å². The van der Waals surface area contributed by atoms with Crippen LogP contribution in [0.3, 0.4) is 0 Å². The van der Waals surface area contributed by atoms with Gasteiger partial charge in [-0.2, -0.15) is 0 Å². The fourth-order valence-corrected chi connectivity index (χ4v) is 2.27. The van der Waals surface area contributed by atoms with Crippen LogP contribution in [0.15, 0.2) is 67.3 Å². The summed E-state index contributed by atoms with van der Waals surface area (Å²) in [6.45, 7) is 12.0. The fourth-order valence-electron chi connectivity index (χ4n) is 1.93. The molecule has 0 amide bonds. The Morgan fingerprint density at radius 3 is 2.33 bits per heavy atom. The van der Waals surface area contributed by atoms with Gasteiger partial charge in [-0.3, -0.25) is 4.67 Å². The van der Waals surface area contributed by atoms with Crippen LogP contribution in [0.4, 0.5) is 0 Å². The van der Waals surface area contributed by atoms with E-state index < -0.39 is 0 Å². The average Bonchev–Trinajstić information content (AvgIpc) is 2.43. The summed E-state index contributed by atoms with van der Waals surface area (Å²) in [5.41, 5.74) is 2.48. The van der Waals surface area contributed by atoms with Crippen LogP contribution in [0.2, 0.25) is 0 Å². The van der Waals surface area contributed by atoms with Crippen LogP contribution < -0.4 is 0 Å². The van der Waals surface area contributed by atoms with Crippen molar-refractivity contribution in [2.45, 2.75) is 25.9 Å². The topological polar surface area (TPSA) is 3.24 Å². The van der Waals surface area contributed by atoms with Crippen molar-refractivity contribution in [2.24, 2.45) is 0 Å². The zero-order valence-corrected chi connectivity index (χ0v) is 12.4. The van der Waals surface area contributed by atoms with Gasteiger partial charge in [-0.25, -0.2) is 0 Å². The standard InChI is InChI=1S/C16H22NP/c1-5-10-15(6-2)13(3)17(18)14(4)16-11-8-7-9-12-16/h5-14H,1-2,18H2,3-4H3/b15-10+/t13-,14-/m1/s1. The molecule has 0 spiro atoms. The summed E-state index contributed by atoms with van der Waals surface area (Å²) >= 11 is 0. The van der Waals surface area contributed by atoms with Crippen LogP contribution in [-0.4, -0.2) is 10.7 Å². The predicted octanol–water partition coefficient (Wildman–Crippen LogP) is 4.53. The quantitative estimate of drug-likeness (QED) is 0.536. The molecule has 1 aromatic carbocycles. The first-order valence-corrected chi connectivity index (χ1v) is 6.66. The molecule has 0 aromatic heterocycles. The molecule has 0 fully saturated rings. The van der Waals surface area contributed by atoms with E-state index in [9.17, 15) is 0 Å². The second kappa shape index (κ2) is 7.31. The zero-order chi connectivity index (χ0) is 13.5. The summed E-state index contributed by atoms with van der Waals surface area (Å²) in [4.78, 5) is 0. The van der Waals surface area contributed by atoms with Crippen LogP contribution in [0.5, 0.6) is 0 Å². The second-order valence-corrected chi connectivity index (χ2v) is 4.91. The van der Waals surface area contributed by atoms with Gasteiger partial charge >= 0.3 is 0 Å². The van der Waals surface area contributed by atoms with E-state index in [2.05, 4.69) is 65.3 Å². The van der Waals surface area contributed by atoms with Gasteiger partial charge in [0.25, 0.3) is 0 Å². The first-order valence-electron chi connectivity index (χ1n) is 6.14. The first kappa shape index (κ1) is 14.9. The Bertz CT molecular complexity index is 422. The molecule has 96 valence electrons. The maximum atomic E-state index is 3.86. The molecule has 1 nitrogen and oxygen atoms in total. The van der Waals surface area contributed by atoms with Crippen molar-refractivity contribution in [1.82, 2.24) is 4.67 Å². The normalized spacial score (nSPS) is 15.2. The number of hydrogen-bond donors (Lipinski definition) is 0. The Morgan fingerprint density at radius 1 is 1.22 bits per heavy atom. The summed E-state index contributed by atoms with van der Waals surface area (Å²) in [6, 6.07) is 11.1. The summed E-state index contributed by atoms with van der Waals surface area (Å²) in [5.74, 6) is 0. The maximum absolute atomic E-state index is 3.86. The molecular weight excluding hydrogens is 237 g/mol. The zero-order valence-electron chi connectivity index (χ0n) is 11.2. The van der Waals surface area contributed by atoms with Crippen molar-refractivity contribution in [2.75, 3.05) is 0 Å². The van der Waals surface area contributed by atoms with Gasteiger partial charge in [-0.1, -0.05) is 71.1 Å². The van der Waals surface area contributed by atoms with E-state index in [1.807, 2.05) is 18.2 Å². The van der Waals surface area contributed by atoms with Crippen LogP contribution in [0.1, 0.15) is 25.5 Å². The average molecular weight is 259 g/mol. The lowest BCUT2D eigenvalue weighted by Gasteiger charge is -2.31. The minimum Gasteiger partial charge on any atom is -0.273 e. The van der Waals surface area contributed by atoms with Gasteiger partial charge in [0.15, 0.2) is 0 Å². The Balaban J connectivity index is 2.86. The third-order valence-electron chi connectivity index (χ3n) is 3.20. The van der Waals surface area contributed by atoms with E-state index in [1.165, 1.54) is 11.1 Å². The highest BCUT2D eigenvalue weighted by Gasteiger charge is 2.18. The molecule has 0 aliphatic carbocycles. The monoisotopic (exact) mass is 259 g/mol. The van der Waals surface area contributed by atoms with Crippen molar-refractivity contribution >= 4 is 9.39 Å². The Morgan fingerprint density at radius 2 is 1.83 bits per heavy atom. The van der Waals surface area contributed by atoms with Crippen molar-refractivity contribution in [1.29, 1.82) is 0 Å². The van der Waals surface area contributed by atoms with Crippen LogP contribution in [-0.2, 0) is 0 Å². The van der Waals surface area contributed by atoms with E-state index in [-0.39, 0.29) is 6.04 Å². The van der Waals surface area contributed by atoms with Crippen molar-refractivity contribution in [3.05, 3.63) is 72.9 Å². The lowest BCUT2D eigenvalue weighted by atomic mass is 10.0. The molecule has 0 aliphatic rings. The molecule has 18 heavy (non-hydrogen) atoms. The van der Waals surface area contributed by atoms with Gasteiger partial charge in [0.2, 0.25) is 0 Å². The summed E-state index contributed by atoms with van der Waals surface area (Å²) in [6.07, 6.45) is 5.70. The van der Waals surface area contributed by atoms with Crippen LogP contribution in [0, 0.1) is 0 Å². The van der Waals surface area contributed by atoms with E-state index in [4.69, 9.17) is 0 Å². The predicted molar refractivity (Wildman–Crippen MR) is 84.3 cm³/mol. The van der Waals surface area contributed by atoms with Gasteiger partial charge < -0.3 is 0 Å². The highest BCUT2D eigenvalue weighted by molar-refractivity contribution is 7.13. The largest absolute Gasteiger partial charge is 0.273 e. The summed E-state index contributed by atoms with van der Waals surface area (Å²) < 4.78 is 2.26. The SMILES string of the molecule is C=C/C=C(\C=C)[C@@H](C)N(P)[C@H](C)c1ccccc1. The number of benzene rings is 1. The lowest BCUT2D eigenvalue weighted by molar-refractivity contribution is 0.338. The Kier molecular flexibility index (Phi) is 6.04. The smallest absolute Gasteiger partial charge is 0.0358 e. The number of rotatable bonds is 6. The maximum Gasteiger partial charge on any atom is 0.0358 e. The molecule has 3 atom stereocenters. The third-order valence-corrected chi connectivity index (χ3v) is 4.10. The van der Waals surface area contributed by atoms with E-state index >= 15 is 0 Å². The molecule has 1 unspecified atom stereocenters. The van der Waals surface area contributed by atoms with E-state index in [0.29, 0.717) is 6.04 Å². The molecule has 0 N–H and O–H groups in total. The van der Waals surface area contributed by atoms with Gasteiger partial charge in [0.1, 0.15) is 0 Å². The molecule has 2 heteroatoms. The minimum absolute atomic E-state index is 0.278. The molecule has 1 rings (SSSR count). The van der Waals surface area contributed by atoms with Gasteiger partial charge in [-0.15, -0.1) is 0 Å². The summed E-state index contributed by atoms with van der Waals surface area (Å²) in [7, 11) is 2.82. The molecule has 1 aromatic rings. The minimum atomic E-state index is 0.278. The van der Waals surface area contributed by atoms with E-state index in [1.54, 1.807) is 6.08 Å². The lowest BCUT2D eigenvalue weighted by Crippen LogP contribution is -2.27. The van der Waals surface area contributed by atoms with E-state index in [0.717, 1.165) is 0 Å². The van der Waals surface area contributed by atoms with Crippen molar-refractivity contribution in [3.63, 3.8) is 0 Å². The first-order chi connectivity index (χ1) is 8.61. The fraction of sp³-hybridized carbons (Fsp3) is 0.250. The summed E-state index contributed by atoms with van der Waals surface area (Å²) in [5, 5.41) is 0. The highest BCUT2D eigenvalue weighted by atomic mass is 31.0. The van der Waals surface area contributed by atoms with Gasteiger partial charge in [0, 0.05) is 12.1 Å². The molecule has 0 aliphatic heterocycles. The molecule has 0 bridgehead atoms. The molecular formula is C16H22NP. The van der Waals surface area contributed by atoms with Crippen molar-refractivity contribution in [3.8, 4) is 0 Å². The van der Waals surface area contributed by atoms with Crippen molar-refractivity contribution < 1.29 is 0 Å². The Labute approximate surface area is 113 Å². The molecule has 0 saturated carbocycles. The number of allylic oxidation sites excluding steroid dienone is 2. The highest BCUT2D eigenvalue weighted by Crippen LogP contribution is 2.28. The number of nitrogens with zero attached hydrogens (tertiary/aromatic N) is 1. The van der Waals surface area contributed by atoms with Crippen LogP contribution >= 0.6 is 9.39 Å². The van der Waals surface area contributed by atoms with Gasteiger partial charge in [-0.05, 0) is 25.0 Å².